The van der Waals surface area contributed by atoms with E-state index in [1.54, 1.807) is 0 Å². The molecule has 2 N–H and O–H groups in total. The van der Waals surface area contributed by atoms with E-state index in [1.807, 2.05) is 0 Å². The van der Waals surface area contributed by atoms with Crippen LogP contribution in [-0.4, -0.2) is 5.91 Å². The van der Waals surface area contributed by atoms with Gasteiger partial charge in [-0.3, -0.25) is 4.79 Å². The van der Waals surface area contributed by atoms with Crippen molar-refractivity contribution in [1.82, 2.24) is 0 Å². The molecule has 0 fully saturated rings. The van der Waals surface area contributed by atoms with E-state index in [-0.39, 0.29) is 17.1 Å². The number of furan rings is 1. The Balaban J connectivity index is 2.51. The molecule has 0 spiro atoms. The van der Waals surface area contributed by atoms with Crippen LogP contribution in [0.4, 0.5) is 13.2 Å². The third-order valence-corrected chi connectivity index (χ3v) is 3.10. The fourth-order valence-corrected chi connectivity index (χ4v) is 1.95. The van der Waals surface area contributed by atoms with Gasteiger partial charge >= 0.3 is 6.18 Å². The van der Waals surface area contributed by atoms with Crippen molar-refractivity contribution in [2.24, 2.45) is 5.73 Å². The summed E-state index contributed by atoms with van der Waals surface area (Å²) in [5.74, 6) is -0.763. The topological polar surface area (TPSA) is 56.2 Å². The van der Waals surface area contributed by atoms with E-state index in [0.717, 1.165) is 12.1 Å². The minimum Gasteiger partial charge on any atom is -0.451 e. The summed E-state index contributed by atoms with van der Waals surface area (Å²) in [6.07, 6.45) is -4.45. The van der Waals surface area contributed by atoms with Gasteiger partial charge in [-0.1, -0.05) is 15.9 Å². The van der Waals surface area contributed by atoms with Crippen LogP contribution in [0.1, 0.15) is 16.1 Å². The highest BCUT2D eigenvalue weighted by atomic mass is 79.9. The second-order valence-electron chi connectivity index (χ2n) is 3.72. The smallest absolute Gasteiger partial charge is 0.416 e. The zero-order chi connectivity index (χ0) is 14.2. The molecule has 0 atom stereocenters. The van der Waals surface area contributed by atoms with Crippen molar-refractivity contribution in [3.63, 3.8) is 0 Å². The van der Waals surface area contributed by atoms with Crippen molar-refractivity contribution in [3.05, 3.63) is 46.1 Å². The second-order valence-corrected chi connectivity index (χ2v) is 4.57. The predicted molar refractivity (Wildman–Crippen MR) is 65.4 cm³/mol. The summed E-state index contributed by atoms with van der Waals surface area (Å²) in [5, 5.41) is 0. The largest absolute Gasteiger partial charge is 0.451 e. The third-order valence-electron chi connectivity index (χ3n) is 2.41. The van der Waals surface area contributed by atoms with Crippen LogP contribution in [0.2, 0.25) is 0 Å². The average molecular weight is 334 g/mol. The van der Waals surface area contributed by atoms with Gasteiger partial charge in [0.05, 0.1) is 5.56 Å². The van der Waals surface area contributed by atoms with Crippen molar-refractivity contribution < 1.29 is 22.4 Å². The van der Waals surface area contributed by atoms with Crippen LogP contribution >= 0.6 is 15.9 Å². The lowest BCUT2D eigenvalue weighted by Crippen LogP contribution is -2.09. The predicted octanol–water partition coefficient (Wildman–Crippen LogP) is 3.83. The Morgan fingerprint density at radius 1 is 1.21 bits per heavy atom. The molecule has 100 valence electrons. The molecule has 0 aliphatic heterocycles. The summed E-state index contributed by atoms with van der Waals surface area (Å²) in [5.41, 5.74) is 4.41. The van der Waals surface area contributed by atoms with Crippen LogP contribution in [0.5, 0.6) is 0 Å². The number of hydrogen-bond donors (Lipinski definition) is 1. The highest BCUT2D eigenvalue weighted by Crippen LogP contribution is 2.36. The lowest BCUT2D eigenvalue weighted by atomic mass is 10.1. The molecular formula is C12H7BrF3NO2. The number of alkyl halides is 3. The van der Waals surface area contributed by atoms with Crippen molar-refractivity contribution in [2.75, 3.05) is 0 Å². The number of rotatable bonds is 2. The number of amides is 1. The molecule has 0 aliphatic rings. The zero-order valence-electron chi connectivity index (χ0n) is 9.29. The molecule has 0 saturated heterocycles. The Morgan fingerprint density at radius 2 is 1.89 bits per heavy atom. The maximum atomic E-state index is 12.6. The van der Waals surface area contributed by atoms with Crippen LogP contribution in [0.15, 0.2) is 39.2 Å². The van der Waals surface area contributed by atoms with E-state index in [4.69, 9.17) is 10.2 Å². The van der Waals surface area contributed by atoms with Gasteiger partial charge in [0.2, 0.25) is 0 Å². The molecule has 3 nitrogen and oxygen atoms in total. The van der Waals surface area contributed by atoms with E-state index in [1.165, 1.54) is 18.2 Å². The number of halogens is 4. The SMILES string of the molecule is NC(=O)c1ccc(-c2cc(C(F)(F)F)ccc2Br)o1. The molecule has 2 aromatic rings. The minimum atomic E-state index is -4.45. The summed E-state index contributed by atoms with van der Waals surface area (Å²) < 4.78 is 43.4. The van der Waals surface area contributed by atoms with Gasteiger partial charge < -0.3 is 10.2 Å². The van der Waals surface area contributed by atoms with E-state index < -0.39 is 17.6 Å². The van der Waals surface area contributed by atoms with Crippen LogP contribution in [0, 0.1) is 0 Å². The van der Waals surface area contributed by atoms with Gasteiger partial charge in [0, 0.05) is 10.0 Å². The Hall–Kier alpha value is -1.76. The van der Waals surface area contributed by atoms with Crippen molar-refractivity contribution in [1.29, 1.82) is 0 Å². The molecule has 1 heterocycles. The maximum absolute atomic E-state index is 12.6. The van der Waals surface area contributed by atoms with Gasteiger partial charge in [-0.2, -0.15) is 13.2 Å². The van der Waals surface area contributed by atoms with Crippen molar-refractivity contribution in [2.45, 2.75) is 6.18 Å². The molecule has 1 aromatic carbocycles. The Morgan fingerprint density at radius 3 is 2.42 bits per heavy atom. The van der Waals surface area contributed by atoms with Gasteiger partial charge in [0.15, 0.2) is 5.76 Å². The normalized spacial score (nSPS) is 11.6. The fourth-order valence-electron chi connectivity index (χ4n) is 1.51. The summed E-state index contributed by atoms with van der Waals surface area (Å²) in [4.78, 5) is 10.9. The van der Waals surface area contributed by atoms with E-state index in [2.05, 4.69) is 15.9 Å². The molecular weight excluding hydrogens is 327 g/mol. The molecule has 7 heteroatoms. The Kier molecular flexibility index (Phi) is 3.40. The summed E-state index contributed by atoms with van der Waals surface area (Å²) in [6.45, 7) is 0. The van der Waals surface area contributed by atoms with Gasteiger partial charge in [-0.25, -0.2) is 0 Å². The molecule has 1 amide bonds. The molecule has 0 unspecified atom stereocenters. The quantitative estimate of drug-likeness (QED) is 0.908. The van der Waals surface area contributed by atoms with Gasteiger partial charge in [0.25, 0.3) is 5.91 Å². The Labute approximate surface area is 114 Å². The first-order valence-corrected chi connectivity index (χ1v) is 5.85. The summed E-state index contributed by atoms with van der Waals surface area (Å²) in [7, 11) is 0. The standard InChI is InChI=1S/C12H7BrF3NO2/c13-8-2-1-6(12(14,15)16)5-7(8)9-3-4-10(19-9)11(17)18/h1-5H,(H2,17,18). The lowest BCUT2D eigenvalue weighted by molar-refractivity contribution is -0.137. The van der Waals surface area contributed by atoms with Crippen LogP contribution in [0.3, 0.4) is 0 Å². The van der Waals surface area contributed by atoms with Crippen molar-refractivity contribution in [3.8, 4) is 11.3 Å². The second kappa shape index (κ2) is 4.73. The highest BCUT2D eigenvalue weighted by molar-refractivity contribution is 9.10. The molecule has 0 saturated carbocycles. The number of primary amides is 1. The zero-order valence-corrected chi connectivity index (χ0v) is 10.9. The van der Waals surface area contributed by atoms with Crippen LogP contribution < -0.4 is 5.73 Å². The molecule has 0 bridgehead atoms. The molecule has 19 heavy (non-hydrogen) atoms. The third kappa shape index (κ3) is 2.81. The van der Waals surface area contributed by atoms with E-state index >= 15 is 0 Å². The number of nitrogens with two attached hydrogens (primary N) is 1. The molecule has 0 radical (unpaired) electrons. The van der Waals surface area contributed by atoms with Crippen LogP contribution in [-0.2, 0) is 6.18 Å². The summed E-state index contributed by atoms with van der Waals surface area (Å²) in [6, 6.07) is 5.86. The Bertz CT molecular complexity index is 634. The van der Waals surface area contributed by atoms with Gasteiger partial charge in [-0.15, -0.1) is 0 Å². The van der Waals surface area contributed by atoms with Gasteiger partial charge in [-0.05, 0) is 30.3 Å². The van der Waals surface area contributed by atoms with E-state index in [9.17, 15) is 18.0 Å². The average Bonchev–Trinajstić information content (AvgIpc) is 2.77. The molecule has 2 rings (SSSR count). The van der Waals surface area contributed by atoms with Gasteiger partial charge in [0.1, 0.15) is 5.76 Å². The first kappa shape index (κ1) is 13.7. The van der Waals surface area contributed by atoms with Crippen molar-refractivity contribution >= 4 is 21.8 Å². The monoisotopic (exact) mass is 333 g/mol. The minimum absolute atomic E-state index is 0.112. The number of carbonyl (C=O) groups excluding carboxylic acids is 1. The summed E-state index contributed by atoms with van der Waals surface area (Å²) >= 11 is 3.14. The first-order chi connectivity index (χ1) is 8.79. The molecule has 1 aromatic heterocycles. The van der Waals surface area contributed by atoms with E-state index in [0.29, 0.717) is 4.47 Å². The molecule has 0 aliphatic carbocycles. The highest BCUT2D eigenvalue weighted by Gasteiger charge is 2.31. The fraction of sp³-hybridized carbons (Fsp3) is 0.0833. The number of benzene rings is 1. The maximum Gasteiger partial charge on any atom is 0.416 e. The first-order valence-electron chi connectivity index (χ1n) is 5.06. The number of hydrogen-bond acceptors (Lipinski definition) is 2. The lowest BCUT2D eigenvalue weighted by Gasteiger charge is -2.09. The van der Waals surface area contributed by atoms with Crippen LogP contribution in [0.25, 0.3) is 11.3 Å². The number of carbonyl (C=O) groups is 1.